The van der Waals surface area contributed by atoms with E-state index in [-0.39, 0.29) is 17.8 Å². The molecule has 1 rings (SSSR count). The van der Waals surface area contributed by atoms with Crippen LogP contribution in [0.15, 0.2) is 12.1 Å². The van der Waals surface area contributed by atoms with Crippen molar-refractivity contribution in [1.29, 1.82) is 0 Å². The third-order valence-electron chi connectivity index (χ3n) is 2.62. The minimum atomic E-state index is -0.826. The topological polar surface area (TPSA) is 55.1 Å². The highest BCUT2D eigenvalue weighted by Gasteiger charge is 2.26. The Morgan fingerprint density at radius 1 is 1.35 bits per heavy atom. The van der Waals surface area contributed by atoms with Gasteiger partial charge in [-0.2, -0.15) is 0 Å². The zero-order valence-electron chi connectivity index (χ0n) is 10.1. The van der Waals surface area contributed by atoms with Gasteiger partial charge in [0.2, 0.25) is 5.91 Å². The molecule has 0 aliphatic carbocycles. The van der Waals surface area contributed by atoms with Crippen molar-refractivity contribution in [2.45, 2.75) is 20.8 Å². The van der Waals surface area contributed by atoms with E-state index >= 15 is 0 Å². The van der Waals surface area contributed by atoms with Crippen LogP contribution in [-0.4, -0.2) is 12.5 Å². The van der Waals surface area contributed by atoms with Gasteiger partial charge in [0.25, 0.3) is 0 Å². The van der Waals surface area contributed by atoms with Gasteiger partial charge in [-0.1, -0.05) is 0 Å². The first-order valence-corrected chi connectivity index (χ1v) is 5.25. The van der Waals surface area contributed by atoms with Crippen LogP contribution >= 0.6 is 0 Å². The van der Waals surface area contributed by atoms with Crippen LogP contribution < -0.4 is 11.1 Å². The number of amides is 1. The maximum atomic E-state index is 13.5. The van der Waals surface area contributed by atoms with E-state index in [0.29, 0.717) is 0 Å². The van der Waals surface area contributed by atoms with E-state index in [9.17, 15) is 13.6 Å². The molecule has 0 unspecified atom stereocenters. The normalized spacial score (nSPS) is 11.4. The van der Waals surface area contributed by atoms with E-state index < -0.39 is 23.0 Å². The minimum Gasteiger partial charge on any atom is -0.329 e. The predicted octanol–water partition coefficient (Wildman–Crippen LogP) is 2.20. The summed E-state index contributed by atoms with van der Waals surface area (Å²) >= 11 is 0. The van der Waals surface area contributed by atoms with Crippen molar-refractivity contribution in [1.82, 2.24) is 0 Å². The first-order valence-electron chi connectivity index (χ1n) is 5.25. The van der Waals surface area contributed by atoms with Gasteiger partial charge in [-0.25, -0.2) is 8.78 Å². The fourth-order valence-corrected chi connectivity index (χ4v) is 1.13. The number of benzene rings is 1. The lowest BCUT2D eigenvalue weighted by atomic mass is 9.92. The van der Waals surface area contributed by atoms with Gasteiger partial charge in [-0.3, -0.25) is 4.79 Å². The summed E-state index contributed by atoms with van der Waals surface area (Å²) in [4.78, 5) is 11.7. The average Bonchev–Trinajstić information content (AvgIpc) is 2.25. The van der Waals surface area contributed by atoms with Gasteiger partial charge in [-0.15, -0.1) is 0 Å². The summed E-state index contributed by atoms with van der Waals surface area (Å²) in [7, 11) is 0. The molecule has 0 spiro atoms. The van der Waals surface area contributed by atoms with Gasteiger partial charge >= 0.3 is 0 Å². The van der Waals surface area contributed by atoms with Crippen molar-refractivity contribution in [3.63, 3.8) is 0 Å². The Balaban J connectivity index is 2.97. The lowest BCUT2D eigenvalue weighted by Crippen LogP contribution is -2.37. The van der Waals surface area contributed by atoms with E-state index in [1.807, 2.05) is 0 Å². The Morgan fingerprint density at radius 2 is 1.94 bits per heavy atom. The fraction of sp³-hybridized carbons (Fsp3) is 0.417. The second-order valence-corrected chi connectivity index (χ2v) is 4.62. The Labute approximate surface area is 99.0 Å². The highest BCUT2D eigenvalue weighted by atomic mass is 19.1. The number of carbonyl (C=O) groups is 1. The molecule has 0 heterocycles. The molecule has 0 aliphatic rings. The van der Waals surface area contributed by atoms with Gasteiger partial charge in [0.1, 0.15) is 11.6 Å². The van der Waals surface area contributed by atoms with Crippen molar-refractivity contribution in [3.05, 3.63) is 29.3 Å². The first kappa shape index (κ1) is 13.6. The molecule has 1 amide bonds. The fourth-order valence-electron chi connectivity index (χ4n) is 1.13. The lowest BCUT2D eigenvalue weighted by molar-refractivity contribution is -0.123. The van der Waals surface area contributed by atoms with Crippen molar-refractivity contribution in [3.8, 4) is 0 Å². The molecular weight excluding hydrogens is 226 g/mol. The van der Waals surface area contributed by atoms with Crippen molar-refractivity contribution in [2.75, 3.05) is 11.9 Å². The van der Waals surface area contributed by atoms with Crippen LogP contribution in [-0.2, 0) is 4.79 Å². The molecule has 0 radical (unpaired) electrons. The molecule has 0 saturated heterocycles. The molecule has 1 aromatic rings. The molecule has 3 N–H and O–H groups in total. The number of rotatable bonds is 3. The van der Waals surface area contributed by atoms with Crippen LogP contribution in [0.4, 0.5) is 14.5 Å². The van der Waals surface area contributed by atoms with Crippen LogP contribution in [0.1, 0.15) is 19.4 Å². The minimum absolute atomic E-state index is 0.120. The summed E-state index contributed by atoms with van der Waals surface area (Å²) in [5.41, 5.74) is 4.62. The van der Waals surface area contributed by atoms with E-state index in [2.05, 4.69) is 5.32 Å². The molecule has 0 saturated carbocycles. The van der Waals surface area contributed by atoms with Crippen molar-refractivity contribution in [2.24, 2.45) is 11.1 Å². The third-order valence-corrected chi connectivity index (χ3v) is 2.62. The van der Waals surface area contributed by atoms with E-state index in [1.165, 1.54) is 6.92 Å². The zero-order chi connectivity index (χ0) is 13.2. The second-order valence-electron chi connectivity index (χ2n) is 4.62. The number of hydrogen-bond acceptors (Lipinski definition) is 2. The van der Waals surface area contributed by atoms with E-state index in [4.69, 9.17) is 5.73 Å². The molecule has 94 valence electrons. The molecular formula is C12H16F2N2O. The van der Waals surface area contributed by atoms with Crippen LogP contribution in [0.3, 0.4) is 0 Å². The van der Waals surface area contributed by atoms with Crippen LogP contribution in [0.5, 0.6) is 0 Å². The standard InChI is InChI=1S/C12H16F2N2O/c1-7-4-9(14)10(5-8(7)13)16-11(17)12(2,3)6-15/h4-5H,6,15H2,1-3H3,(H,16,17). The Kier molecular flexibility index (Phi) is 3.83. The van der Waals surface area contributed by atoms with Crippen LogP contribution in [0.2, 0.25) is 0 Å². The Morgan fingerprint density at radius 3 is 2.47 bits per heavy atom. The number of anilines is 1. The monoisotopic (exact) mass is 242 g/mol. The van der Waals surface area contributed by atoms with Crippen molar-refractivity contribution < 1.29 is 13.6 Å². The number of hydrogen-bond donors (Lipinski definition) is 2. The molecule has 3 nitrogen and oxygen atoms in total. The highest BCUT2D eigenvalue weighted by Crippen LogP contribution is 2.22. The molecule has 17 heavy (non-hydrogen) atoms. The van der Waals surface area contributed by atoms with E-state index in [1.54, 1.807) is 13.8 Å². The molecule has 0 bridgehead atoms. The Bertz CT molecular complexity index is 444. The quantitative estimate of drug-likeness (QED) is 0.853. The Hall–Kier alpha value is -1.49. The predicted molar refractivity (Wildman–Crippen MR) is 62.6 cm³/mol. The summed E-state index contributed by atoms with van der Waals surface area (Å²) in [6.45, 7) is 4.83. The van der Waals surface area contributed by atoms with E-state index in [0.717, 1.165) is 12.1 Å². The summed E-state index contributed by atoms with van der Waals surface area (Å²) in [5.74, 6) is -1.67. The molecule has 0 aliphatic heterocycles. The largest absolute Gasteiger partial charge is 0.329 e. The maximum absolute atomic E-state index is 13.5. The van der Waals surface area contributed by atoms with Gasteiger partial charge in [0, 0.05) is 12.6 Å². The lowest BCUT2D eigenvalue weighted by Gasteiger charge is -2.21. The SMILES string of the molecule is Cc1cc(F)c(NC(=O)C(C)(C)CN)cc1F. The maximum Gasteiger partial charge on any atom is 0.231 e. The summed E-state index contributed by atoms with van der Waals surface area (Å²) in [6.07, 6.45) is 0. The number of carbonyl (C=O) groups excluding carboxylic acids is 1. The van der Waals surface area contributed by atoms with Gasteiger partial charge in [0.05, 0.1) is 11.1 Å². The molecule has 0 aromatic heterocycles. The zero-order valence-corrected chi connectivity index (χ0v) is 10.1. The summed E-state index contributed by atoms with van der Waals surface area (Å²) in [5, 5.41) is 2.34. The number of halogens is 2. The van der Waals surface area contributed by atoms with Crippen LogP contribution in [0.25, 0.3) is 0 Å². The van der Waals surface area contributed by atoms with Crippen molar-refractivity contribution >= 4 is 11.6 Å². The molecule has 1 aromatic carbocycles. The highest BCUT2D eigenvalue weighted by molar-refractivity contribution is 5.95. The molecule has 0 fully saturated rings. The van der Waals surface area contributed by atoms with Gasteiger partial charge in [0.15, 0.2) is 0 Å². The summed E-state index contributed by atoms with van der Waals surface area (Å²) in [6, 6.07) is 2.01. The summed E-state index contributed by atoms with van der Waals surface area (Å²) < 4.78 is 26.7. The van der Waals surface area contributed by atoms with Gasteiger partial charge < -0.3 is 11.1 Å². The third kappa shape index (κ3) is 3.00. The molecule has 0 atom stereocenters. The number of nitrogens with two attached hydrogens (primary N) is 1. The van der Waals surface area contributed by atoms with Gasteiger partial charge in [-0.05, 0) is 32.4 Å². The second kappa shape index (κ2) is 4.79. The smallest absolute Gasteiger partial charge is 0.231 e. The molecule has 5 heteroatoms. The van der Waals surface area contributed by atoms with Crippen LogP contribution in [0, 0.1) is 24.0 Å². The average molecular weight is 242 g/mol. The number of nitrogens with one attached hydrogen (secondary N) is 1. The first-order chi connectivity index (χ1) is 7.77. The number of aryl methyl sites for hydroxylation is 1.